The van der Waals surface area contributed by atoms with E-state index in [9.17, 15) is 5.11 Å². The predicted octanol–water partition coefficient (Wildman–Crippen LogP) is 4.43. The molecule has 0 fully saturated rings. The summed E-state index contributed by atoms with van der Waals surface area (Å²) in [6.07, 6.45) is 4.53. The highest BCUT2D eigenvalue weighted by Gasteiger charge is 2.19. The van der Waals surface area contributed by atoms with Gasteiger partial charge in [-0.3, -0.25) is 0 Å². The van der Waals surface area contributed by atoms with E-state index in [-0.39, 0.29) is 0 Å². The van der Waals surface area contributed by atoms with Crippen molar-refractivity contribution in [1.29, 1.82) is 0 Å². The monoisotopic (exact) mass is 351 g/mol. The van der Waals surface area contributed by atoms with Gasteiger partial charge in [0.05, 0.1) is 3.79 Å². The second kappa shape index (κ2) is 6.29. The van der Waals surface area contributed by atoms with Crippen molar-refractivity contribution in [3.05, 3.63) is 50.1 Å². The van der Waals surface area contributed by atoms with Gasteiger partial charge in [0.2, 0.25) is 0 Å². The SMILES string of the molecule is Oc1ccc2c(c1)CCCC2NCCc1ccc(Br)s1. The highest BCUT2D eigenvalue weighted by Crippen LogP contribution is 2.32. The molecule has 1 aromatic carbocycles. The number of aryl methyl sites for hydroxylation is 1. The van der Waals surface area contributed by atoms with Gasteiger partial charge >= 0.3 is 0 Å². The Morgan fingerprint density at radius 3 is 3.00 bits per heavy atom. The van der Waals surface area contributed by atoms with Gasteiger partial charge in [-0.2, -0.15) is 0 Å². The fourth-order valence-electron chi connectivity index (χ4n) is 2.87. The van der Waals surface area contributed by atoms with Crippen LogP contribution in [0.3, 0.4) is 0 Å². The van der Waals surface area contributed by atoms with Gasteiger partial charge in [0, 0.05) is 17.5 Å². The second-order valence-electron chi connectivity index (χ2n) is 5.24. The smallest absolute Gasteiger partial charge is 0.115 e. The van der Waals surface area contributed by atoms with Gasteiger partial charge in [-0.05, 0) is 77.0 Å². The van der Waals surface area contributed by atoms with Crippen LogP contribution >= 0.6 is 27.3 Å². The molecule has 1 atom stereocenters. The van der Waals surface area contributed by atoms with Crippen LogP contribution in [0.4, 0.5) is 0 Å². The number of halogens is 1. The first kappa shape index (κ1) is 14.1. The molecule has 0 aliphatic heterocycles. The molecular formula is C16H18BrNOS. The summed E-state index contributed by atoms with van der Waals surface area (Å²) >= 11 is 5.31. The van der Waals surface area contributed by atoms with Crippen LogP contribution in [-0.4, -0.2) is 11.7 Å². The maximum atomic E-state index is 9.58. The first-order valence-corrected chi connectivity index (χ1v) is 8.63. The molecule has 0 saturated carbocycles. The molecule has 0 spiro atoms. The number of aromatic hydroxyl groups is 1. The number of phenols is 1. The first-order chi connectivity index (χ1) is 9.72. The highest BCUT2D eigenvalue weighted by molar-refractivity contribution is 9.11. The summed E-state index contributed by atoms with van der Waals surface area (Å²) in [5, 5.41) is 13.2. The molecule has 20 heavy (non-hydrogen) atoms. The number of thiophene rings is 1. The van der Waals surface area contributed by atoms with Crippen LogP contribution in [0.2, 0.25) is 0 Å². The number of fused-ring (bicyclic) bond motifs is 1. The standard InChI is InChI=1S/C16H18BrNOS/c17-16-7-5-13(20-16)8-9-18-15-3-1-2-11-10-12(19)4-6-14(11)15/h4-7,10,15,18-19H,1-3,8-9H2. The summed E-state index contributed by atoms with van der Waals surface area (Å²) in [7, 11) is 0. The summed E-state index contributed by atoms with van der Waals surface area (Å²) in [5.41, 5.74) is 2.66. The number of hydrogen-bond acceptors (Lipinski definition) is 3. The minimum absolute atomic E-state index is 0.382. The predicted molar refractivity (Wildman–Crippen MR) is 87.5 cm³/mol. The third-order valence-corrected chi connectivity index (χ3v) is 5.52. The van der Waals surface area contributed by atoms with Crippen molar-refractivity contribution in [2.24, 2.45) is 0 Å². The zero-order valence-corrected chi connectivity index (χ0v) is 13.6. The average molecular weight is 352 g/mol. The summed E-state index contributed by atoms with van der Waals surface area (Å²) in [5.74, 6) is 0.382. The number of benzene rings is 1. The Bertz CT molecular complexity index is 596. The third kappa shape index (κ3) is 3.25. The maximum absolute atomic E-state index is 9.58. The number of phenolic OH excluding ortho intramolecular Hbond substituents is 1. The van der Waals surface area contributed by atoms with E-state index in [0.29, 0.717) is 11.8 Å². The minimum atomic E-state index is 0.382. The number of nitrogens with one attached hydrogen (secondary N) is 1. The van der Waals surface area contributed by atoms with Gasteiger partial charge in [0.1, 0.15) is 5.75 Å². The molecule has 2 N–H and O–H groups in total. The van der Waals surface area contributed by atoms with Gasteiger partial charge < -0.3 is 10.4 Å². The first-order valence-electron chi connectivity index (χ1n) is 7.02. The van der Waals surface area contributed by atoms with E-state index in [1.54, 1.807) is 17.4 Å². The van der Waals surface area contributed by atoms with E-state index in [1.165, 1.54) is 32.6 Å². The Morgan fingerprint density at radius 2 is 2.20 bits per heavy atom. The summed E-state index contributed by atoms with van der Waals surface area (Å²) in [6.45, 7) is 0.998. The lowest BCUT2D eigenvalue weighted by Crippen LogP contribution is -2.26. The van der Waals surface area contributed by atoms with Crippen molar-refractivity contribution in [1.82, 2.24) is 5.32 Å². The molecule has 0 amide bonds. The van der Waals surface area contributed by atoms with Crippen molar-refractivity contribution in [2.45, 2.75) is 31.7 Å². The molecule has 1 unspecified atom stereocenters. The summed E-state index contributed by atoms with van der Waals surface area (Å²) in [6, 6.07) is 10.5. The van der Waals surface area contributed by atoms with Crippen molar-refractivity contribution in [2.75, 3.05) is 6.54 Å². The molecule has 0 radical (unpaired) electrons. The Labute approximate surface area is 132 Å². The molecule has 106 valence electrons. The van der Waals surface area contributed by atoms with E-state index in [2.05, 4.69) is 39.4 Å². The topological polar surface area (TPSA) is 32.3 Å². The number of hydrogen-bond donors (Lipinski definition) is 2. The quantitative estimate of drug-likeness (QED) is 0.853. The zero-order chi connectivity index (χ0) is 13.9. The highest BCUT2D eigenvalue weighted by atomic mass is 79.9. The zero-order valence-electron chi connectivity index (χ0n) is 11.2. The molecular weight excluding hydrogens is 334 g/mol. The Hall–Kier alpha value is -0.840. The van der Waals surface area contributed by atoms with Crippen LogP contribution in [0.25, 0.3) is 0 Å². The van der Waals surface area contributed by atoms with Gasteiger partial charge in [-0.15, -0.1) is 11.3 Å². The largest absolute Gasteiger partial charge is 0.508 e. The lowest BCUT2D eigenvalue weighted by atomic mass is 9.87. The molecule has 1 aliphatic rings. The summed E-state index contributed by atoms with van der Waals surface area (Å²) in [4.78, 5) is 1.41. The van der Waals surface area contributed by atoms with Gasteiger partial charge in [-0.1, -0.05) is 6.07 Å². The molecule has 2 aromatic rings. The van der Waals surface area contributed by atoms with E-state index >= 15 is 0 Å². The summed E-state index contributed by atoms with van der Waals surface area (Å²) < 4.78 is 1.20. The molecule has 3 rings (SSSR count). The fraction of sp³-hybridized carbons (Fsp3) is 0.375. The molecule has 0 saturated heterocycles. The van der Waals surface area contributed by atoms with Crippen LogP contribution in [0, 0.1) is 0 Å². The van der Waals surface area contributed by atoms with Crippen LogP contribution in [0.15, 0.2) is 34.1 Å². The van der Waals surface area contributed by atoms with Gasteiger partial charge in [0.15, 0.2) is 0 Å². The Morgan fingerprint density at radius 1 is 1.30 bits per heavy atom. The average Bonchev–Trinajstić information content (AvgIpc) is 2.84. The molecule has 0 bridgehead atoms. The Balaban J connectivity index is 1.61. The van der Waals surface area contributed by atoms with Gasteiger partial charge in [-0.25, -0.2) is 0 Å². The van der Waals surface area contributed by atoms with Crippen molar-refractivity contribution in [3.8, 4) is 5.75 Å². The lowest BCUT2D eigenvalue weighted by molar-refractivity contribution is 0.452. The molecule has 4 heteroatoms. The Kier molecular flexibility index (Phi) is 4.44. The molecule has 1 aliphatic carbocycles. The van der Waals surface area contributed by atoms with Crippen molar-refractivity contribution in [3.63, 3.8) is 0 Å². The normalized spacial score (nSPS) is 17.9. The van der Waals surface area contributed by atoms with Crippen LogP contribution in [0.5, 0.6) is 5.75 Å². The van der Waals surface area contributed by atoms with Crippen LogP contribution in [-0.2, 0) is 12.8 Å². The molecule has 1 heterocycles. The second-order valence-corrected chi connectivity index (χ2v) is 7.79. The van der Waals surface area contributed by atoms with E-state index in [4.69, 9.17) is 0 Å². The van der Waals surface area contributed by atoms with E-state index in [1.807, 2.05) is 6.07 Å². The fourth-order valence-corrected chi connectivity index (χ4v) is 4.35. The lowest BCUT2D eigenvalue weighted by Gasteiger charge is -2.26. The van der Waals surface area contributed by atoms with Crippen LogP contribution in [0.1, 0.15) is 34.9 Å². The van der Waals surface area contributed by atoms with E-state index < -0.39 is 0 Å². The van der Waals surface area contributed by atoms with E-state index in [0.717, 1.165) is 19.4 Å². The molecule has 2 nitrogen and oxygen atoms in total. The van der Waals surface area contributed by atoms with Crippen molar-refractivity contribution < 1.29 is 5.11 Å². The van der Waals surface area contributed by atoms with Gasteiger partial charge in [0.25, 0.3) is 0 Å². The number of rotatable bonds is 4. The molecule has 1 aromatic heterocycles. The minimum Gasteiger partial charge on any atom is -0.508 e. The van der Waals surface area contributed by atoms with Crippen LogP contribution < -0.4 is 5.32 Å². The van der Waals surface area contributed by atoms with Crippen molar-refractivity contribution >= 4 is 27.3 Å². The maximum Gasteiger partial charge on any atom is 0.115 e. The third-order valence-electron chi connectivity index (χ3n) is 3.83.